The number of rotatable bonds is 8. The summed E-state index contributed by atoms with van der Waals surface area (Å²) < 4.78 is 34.9. The molecular weight excluding hydrogens is 539 g/mol. The van der Waals surface area contributed by atoms with Crippen molar-refractivity contribution in [3.63, 3.8) is 0 Å². The van der Waals surface area contributed by atoms with E-state index in [9.17, 15) is 18.8 Å². The van der Waals surface area contributed by atoms with Gasteiger partial charge in [-0.2, -0.15) is 0 Å². The molecule has 0 unspecified atom stereocenters. The molecule has 11 heteroatoms. The van der Waals surface area contributed by atoms with Crippen molar-refractivity contribution in [1.82, 2.24) is 10.2 Å². The lowest BCUT2D eigenvalue weighted by Crippen LogP contribution is -2.30. The molecule has 0 atom stereocenters. The summed E-state index contributed by atoms with van der Waals surface area (Å²) >= 11 is 3.45. The lowest BCUT2D eigenvalue weighted by Gasteiger charge is -2.13. The van der Waals surface area contributed by atoms with E-state index in [1.165, 1.54) is 44.6 Å². The van der Waals surface area contributed by atoms with E-state index in [4.69, 9.17) is 13.9 Å². The van der Waals surface area contributed by atoms with E-state index >= 15 is 0 Å². The van der Waals surface area contributed by atoms with Gasteiger partial charge in [0.05, 0.1) is 20.8 Å². The third-order valence-electron chi connectivity index (χ3n) is 5.21. The van der Waals surface area contributed by atoms with Crippen molar-refractivity contribution >= 4 is 39.9 Å². The predicted molar refractivity (Wildman–Crippen MR) is 129 cm³/mol. The van der Waals surface area contributed by atoms with Gasteiger partial charge in [0.15, 0.2) is 11.5 Å². The van der Waals surface area contributed by atoms with E-state index in [0.717, 1.165) is 10.5 Å². The normalized spacial score (nSPS) is 14.2. The molecule has 36 heavy (non-hydrogen) atoms. The van der Waals surface area contributed by atoms with Gasteiger partial charge in [-0.3, -0.25) is 9.69 Å². The number of nitrogens with zero attached hydrogens (tertiary/aromatic N) is 1. The van der Waals surface area contributed by atoms with Gasteiger partial charge in [-0.1, -0.05) is 28.1 Å². The van der Waals surface area contributed by atoms with Gasteiger partial charge in [0.2, 0.25) is 5.76 Å². The van der Waals surface area contributed by atoms with Crippen molar-refractivity contribution < 1.29 is 37.4 Å². The molecule has 1 aromatic heterocycles. The number of esters is 1. The van der Waals surface area contributed by atoms with Gasteiger partial charge < -0.3 is 23.9 Å². The van der Waals surface area contributed by atoms with Crippen LogP contribution >= 0.6 is 15.9 Å². The average Bonchev–Trinajstić information content (AvgIpc) is 3.45. The van der Waals surface area contributed by atoms with Crippen LogP contribution in [0.25, 0.3) is 6.08 Å². The van der Waals surface area contributed by atoms with Gasteiger partial charge in [-0.25, -0.2) is 14.0 Å². The number of hydrogen-bond acceptors (Lipinski definition) is 7. The first-order valence-electron chi connectivity index (χ1n) is 10.6. The topological polar surface area (TPSA) is 107 Å². The van der Waals surface area contributed by atoms with Crippen LogP contribution in [-0.4, -0.2) is 37.0 Å². The molecule has 1 N–H and O–H groups in total. The molecule has 0 radical (unpaired) electrons. The molecule has 0 spiro atoms. The lowest BCUT2D eigenvalue weighted by atomic mass is 10.1. The third-order valence-corrected chi connectivity index (χ3v) is 5.90. The number of halogens is 2. The van der Waals surface area contributed by atoms with E-state index in [1.54, 1.807) is 24.3 Å². The minimum absolute atomic E-state index is 0.0342. The van der Waals surface area contributed by atoms with Crippen LogP contribution in [0.15, 0.2) is 63.1 Å². The summed E-state index contributed by atoms with van der Waals surface area (Å²) in [5.74, 6) is -0.538. The number of methoxy groups -OCH3 is 2. The highest BCUT2D eigenvalue weighted by Gasteiger charge is 2.34. The molecule has 9 nitrogen and oxygen atoms in total. The van der Waals surface area contributed by atoms with Crippen molar-refractivity contribution in [2.45, 2.75) is 13.2 Å². The standard InChI is InChI=1S/C25H20BrFN2O7/c1-33-21-10-15(18(26)11-22(21)35-13-14-3-5-16(27)6-4-14)9-19-23(30)29(25(32)28-19)12-17-7-8-20(36-17)24(31)34-2/h3-11H,12-13H2,1-2H3,(H,28,32)/b19-9-. The number of amides is 3. The van der Waals surface area contributed by atoms with Crippen LogP contribution in [0, 0.1) is 5.82 Å². The van der Waals surface area contributed by atoms with E-state index in [-0.39, 0.29) is 36.2 Å². The highest BCUT2D eigenvalue weighted by Crippen LogP contribution is 2.35. The fraction of sp³-hybridized carbons (Fsp3) is 0.160. The van der Waals surface area contributed by atoms with Gasteiger partial charge in [-0.05, 0) is 53.6 Å². The number of urea groups is 1. The second kappa shape index (κ2) is 10.6. The first-order chi connectivity index (χ1) is 17.3. The molecule has 2 heterocycles. The number of imide groups is 1. The highest BCUT2D eigenvalue weighted by atomic mass is 79.9. The fourth-order valence-electron chi connectivity index (χ4n) is 3.38. The smallest absolute Gasteiger partial charge is 0.373 e. The van der Waals surface area contributed by atoms with Gasteiger partial charge in [0.25, 0.3) is 5.91 Å². The summed E-state index contributed by atoms with van der Waals surface area (Å²) in [7, 11) is 2.69. The van der Waals surface area contributed by atoms with Crippen molar-refractivity contribution in [2.75, 3.05) is 14.2 Å². The quantitative estimate of drug-likeness (QED) is 0.243. The summed E-state index contributed by atoms with van der Waals surface area (Å²) in [6.45, 7) is 0.0249. The number of furan rings is 1. The van der Waals surface area contributed by atoms with Crippen LogP contribution in [0.1, 0.15) is 27.4 Å². The molecule has 1 saturated heterocycles. The monoisotopic (exact) mass is 558 g/mol. The van der Waals surface area contributed by atoms with Crippen LogP contribution < -0.4 is 14.8 Å². The Morgan fingerprint density at radius 2 is 1.86 bits per heavy atom. The Labute approximate surface area is 213 Å². The second-order valence-corrected chi connectivity index (χ2v) is 8.43. The molecule has 1 aliphatic heterocycles. The number of hydrogen-bond donors (Lipinski definition) is 1. The molecule has 3 aromatic rings. The summed E-state index contributed by atoms with van der Waals surface area (Å²) in [6.07, 6.45) is 1.50. The number of ether oxygens (including phenoxy) is 3. The zero-order chi connectivity index (χ0) is 25.8. The SMILES string of the molecule is COC(=O)c1ccc(CN2C(=O)N/C(=C\c3cc(OC)c(OCc4ccc(F)cc4)cc3Br)C2=O)o1. The second-order valence-electron chi connectivity index (χ2n) is 7.58. The van der Waals surface area contributed by atoms with Crippen LogP contribution in [0.4, 0.5) is 9.18 Å². The Bertz CT molecular complexity index is 1350. The Hall–Kier alpha value is -4.12. The molecule has 1 aliphatic rings. The number of carbonyl (C=O) groups excluding carboxylic acids is 3. The minimum Gasteiger partial charge on any atom is -0.493 e. The van der Waals surface area contributed by atoms with Crippen LogP contribution in [0.3, 0.4) is 0 Å². The van der Waals surface area contributed by atoms with Crippen molar-refractivity contribution in [1.29, 1.82) is 0 Å². The summed E-state index contributed by atoms with van der Waals surface area (Å²) in [5, 5.41) is 2.54. The lowest BCUT2D eigenvalue weighted by molar-refractivity contribution is -0.123. The maximum atomic E-state index is 13.1. The molecule has 0 saturated carbocycles. The van der Waals surface area contributed by atoms with E-state index in [0.29, 0.717) is 21.5 Å². The average molecular weight is 559 g/mol. The molecule has 0 bridgehead atoms. The van der Waals surface area contributed by atoms with Crippen LogP contribution in [-0.2, 0) is 22.7 Å². The maximum Gasteiger partial charge on any atom is 0.373 e. The van der Waals surface area contributed by atoms with E-state index in [1.807, 2.05) is 0 Å². The summed E-state index contributed by atoms with van der Waals surface area (Å²) in [5.41, 5.74) is 1.37. The largest absolute Gasteiger partial charge is 0.493 e. The number of carbonyl (C=O) groups is 3. The third kappa shape index (κ3) is 5.41. The molecule has 3 amide bonds. The Morgan fingerprint density at radius 1 is 1.11 bits per heavy atom. The Kier molecular flexibility index (Phi) is 7.39. The van der Waals surface area contributed by atoms with Gasteiger partial charge in [0.1, 0.15) is 23.9 Å². The first-order valence-corrected chi connectivity index (χ1v) is 11.3. The molecular formula is C25H20BrFN2O7. The molecule has 4 rings (SSSR count). The zero-order valence-electron chi connectivity index (χ0n) is 19.2. The maximum absolute atomic E-state index is 13.1. The van der Waals surface area contributed by atoms with E-state index < -0.39 is 17.9 Å². The van der Waals surface area contributed by atoms with Crippen LogP contribution in [0.2, 0.25) is 0 Å². The van der Waals surface area contributed by atoms with Gasteiger partial charge in [0, 0.05) is 4.47 Å². The zero-order valence-corrected chi connectivity index (χ0v) is 20.8. The molecule has 2 aromatic carbocycles. The first kappa shape index (κ1) is 25.0. The van der Waals surface area contributed by atoms with Crippen molar-refractivity contribution in [3.8, 4) is 11.5 Å². The minimum atomic E-state index is -0.664. The number of nitrogens with one attached hydrogen (secondary N) is 1. The van der Waals surface area contributed by atoms with Crippen molar-refractivity contribution in [3.05, 3.63) is 87.2 Å². The predicted octanol–water partition coefficient (Wildman–Crippen LogP) is 4.65. The Morgan fingerprint density at radius 3 is 2.56 bits per heavy atom. The van der Waals surface area contributed by atoms with E-state index in [2.05, 4.69) is 26.0 Å². The highest BCUT2D eigenvalue weighted by molar-refractivity contribution is 9.10. The van der Waals surface area contributed by atoms with Gasteiger partial charge in [-0.15, -0.1) is 0 Å². The van der Waals surface area contributed by atoms with Crippen LogP contribution in [0.5, 0.6) is 11.5 Å². The number of benzene rings is 2. The molecule has 186 valence electrons. The van der Waals surface area contributed by atoms with Crippen molar-refractivity contribution in [2.24, 2.45) is 0 Å². The molecule has 1 fully saturated rings. The Balaban J connectivity index is 1.50. The van der Waals surface area contributed by atoms with Gasteiger partial charge >= 0.3 is 12.0 Å². The summed E-state index contributed by atoms with van der Waals surface area (Å²) in [4.78, 5) is 37.8. The fourth-order valence-corrected chi connectivity index (χ4v) is 3.81. The molecule has 0 aliphatic carbocycles. The summed E-state index contributed by atoms with van der Waals surface area (Å²) in [6, 6.07) is 11.5.